The number of rotatable bonds is 8. The number of hydrogen-bond acceptors (Lipinski definition) is 4. The van der Waals surface area contributed by atoms with Crippen molar-refractivity contribution >= 4 is 46.8 Å². The van der Waals surface area contributed by atoms with Gasteiger partial charge >= 0.3 is 0 Å². The number of hydrogen-bond donors (Lipinski definition) is 1. The fourth-order valence-electron chi connectivity index (χ4n) is 3.62. The summed E-state index contributed by atoms with van der Waals surface area (Å²) in [7, 11) is -1.12. The summed E-state index contributed by atoms with van der Waals surface area (Å²) in [6.07, 6.45) is 2.02. The van der Waals surface area contributed by atoms with Crippen LogP contribution in [0.3, 0.4) is 0 Å². The number of anilines is 2. The predicted octanol–water partition coefficient (Wildman–Crippen LogP) is 6.76. The van der Waals surface area contributed by atoms with Crippen LogP contribution in [0.4, 0.5) is 17.1 Å². The molecule has 0 amide bonds. The van der Waals surface area contributed by atoms with E-state index in [-0.39, 0.29) is 10.6 Å². The summed E-state index contributed by atoms with van der Waals surface area (Å²) in [5, 5.41) is 17.6. The van der Waals surface area contributed by atoms with Crippen molar-refractivity contribution in [2.24, 2.45) is 0 Å². The lowest BCUT2D eigenvalue weighted by Gasteiger charge is -2.16. The van der Waals surface area contributed by atoms with Crippen LogP contribution in [0.5, 0.6) is 0 Å². The van der Waals surface area contributed by atoms with Crippen molar-refractivity contribution in [1.82, 2.24) is 4.57 Å². The van der Waals surface area contributed by atoms with Gasteiger partial charge in [-0.25, -0.2) is 0 Å². The molecular formula is C24H27N3O3Si. The van der Waals surface area contributed by atoms with Crippen LogP contribution in [0.1, 0.15) is 0 Å². The van der Waals surface area contributed by atoms with E-state index in [4.69, 9.17) is 4.74 Å². The van der Waals surface area contributed by atoms with Gasteiger partial charge in [0.1, 0.15) is 12.4 Å². The van der Waals surface area contributed by atoms with Gasteiger partial charge in [-0.3, -0.25) is 10.1 Å². The summed E-state index contributed by atoms with van der Waals surface area (Å²) in [5.74, 6) is 0. The third-order valence-electron chi connectivity index (χ3n) is 5.36. The van der Waals surface area contributed by atoms with Crippen LogP contribution in [-0.4, -0.2) is 24.2 Å². The number of ether oxygens (including phenoxy) is 1. The van der Waals surface area contributed by atoms with Crippen LogP contribution in [0.2, 0.25) is 25.7 Å². The highest BCUT2D eigenvalue weighted by Gasteiger charge is 2.18. The number of nitrogens with zero attached hydrogens (tertiary/aromatic N) is 2. The number of nitro benzene ring substituents is 1. The number of fused-ring (bicyclic) bond motifs is 2. The van der Waals surface area contributed by atoms with Crippen LogP contribution >= 0.6 is 0 Å². The third kappa shape index (κ3) is 4.78. The Kier molecular flexibility index (Phi) is 5.80. The molecule has 4 rings (SSSR count). The Morgan fingerprint density at radius 3 is 2.58 bits per heavy atom. The monoisotopic (exact) mass is 433 g/mol. The molecule has 160 valence electrons. The molecule has 1 heterocycles. The molecule has 1 N–H and O–H groups in total. The first-order valence-electron chi connectivity index (χ1n) is 10.4. The smallest absolute Gasteiger partial charge is 0.300 e. The molecule has 3 aromatic carbocycles. The molecule has 0 spiro atoms. The highest BCUT2D eigenvalue weighted by Crippen LogP contribution is 2.35. The number of nitro groups is 1. The summed E-state index contributed by atoms with van der Waals surface area (Å²) >= 11 is 0. The zero-order valence-corrected chi connectivity index (χ0v) is 19.1. The second-order valence-electron chi connectivity index (χ2n) is 8.97. The van der Waals surface area contributed by atoms with Gasteiger partial charge in [0.2, 0.25) is 0 Å². The van der Waals surface area contributed by atoms with Gasteiger partial charge in [0.25, 0.3) is 5.69 Å². The maximum atomic E-state index is 11.8. The third-order valence-corrected chi connectivity index (χ3v) is 7.07. The Morgan fingerprint density at radius 1 is 1.03 bits per heavy atom. The molecule has 0 aliphatic rings. The minimum Gasteiger partial charge on any atom is -0.361 e. The molecule has 0 unspecified atom stereocenters. The Hall–Kier alpha value is -3.16. The lowest BCUT2D eigenvalue weighted by atomic mass is 10.1. The molecule has 0 aliphatic heterocycles. The summed E-state index contributed by atoms with van der Waals surface area (Å²) < 4.78 is 7.98. The van der Waals surface area contributed by atoms with Crippen molar-refractivity contribution in [2.45, 2.75) is 32.4 Å². The quantitative estimate of drug-likeness (QED) is 0.144. The van der Waals surface area contributed by atoms with Crippen molar-refractivity contribution in [1.29, 1.82) is 0 Å². The van der Waals surface area contributed by atoms with Gasteiger partial charge < -0.3 is 14.6 Å². The fourth-order valence-corrected chi connectivity index (χ4v) is 4.38. The molecule has 0 saturated carbocycles. The predicted molar refractivity (Wildman–Crippen MR) is 130 cm³/mol. The molecule has 0 radical (unpaired) electrons. The second kappa shape index (κ2) is 8.53. The fraction of sp³-hybridized carbons (Fsp3) is 0.250. The number of nitrogens with one attached hydrogen (secondary N) is 1. The standard InChI is InChI=1S/C24H27N3O3Si/c1-31(2,3)15-14-30-17-26-13-12-19-8-10-20(16-23(19)26)25-22-11-9-18-6-4-5-7-21(18)24(22)27(28)29/h4-13,16,25H,14-15,17H2,1-3H3. The zero-order valence-electron chi connectivity index (χ0n) is 18.1. The average Bonchev–Trinajstić information content (AvgIpc) is 3.12. The maximum Gasteiger partial charge on any atom is 0.300 e. The van der Waals surface area contributed by atoms with Crippen molar-refractivity contribution in [3.8, 4) is 0 Å². The minimum absolute atomic E-state index is 0.0864. The van der Waals surface area contributed by atoms with E-state index in [1.165, 1.54) is 0 Å². The highest BCUT2D eigenvalue weighted by atomic mass is 28.3. The normalized spacial score (nSPS) is 11.8. The Bertz CT molecular complexity index is 1240. The van der Waals surface area contributed by atoms with Crippen LogP contribution in [0.15, 0.2) is 66.9 Å². The van der Waals surface area contributed by atoms with Crippen LogP contribution < -0.4 is 5.32 Å². The van der Waals surface area contributed by atoms with E-state index >= 15 is 0 Å². The molecule has 0 aliphatic carbocycles. The van der Waals surface area contributed by atoms with Gasteiger partial charge in [-0.05, 0) is 47.1 Å². The Balaban J connectivity index is 1.60. The summed E-state index contributed by atoms with van der Waals surface area (Å²) in [6, 6.07) is 20.2. The van der Waals surface area contributed by atoms with Gasteiger partial charge in [0, 0.05) is 26.6 Å². The highest BCUT2D eigenvalue weighted by molar-refractivity contribution is 6.76. The van der Waals surface area contributed by atoms with E-state index < -0.39 is 8.07 Å². The van der Waals surface area contributed by atoms with E-state index in [2.05, 4.69) is 35.6 Å². The van der Waals surface area contributed by atoms with E-state index in [0.29, 0.717) is 17.8 Å². The topological polar surface area (TPSA) is 69.3 Å². The van der Waals surface area contributed by atoms with E-state index in [1.807, 2.05) is 48.7 Å². The molecule has 31 heavy (non-hydrogen) atoms. The Labute approximate surface area is 182 Å². The second-order valence-corrected chi connectivity index (χ2v) is 14.6. The first-order chi connectivity index (χ1) is 14.8. The number of benzene rings is 3. The lowest BCUT2D eigenvalue weighted by Crippen LogP contribution is -2.21. The van der Waals surface area contributed by atoms with E-state index in [0.717, 1.165) is 34.6 Å². The molecule has 7 heteroatoms. The average molecular weight is 434 g/mol. The molecule has 6 nitrogen and oxygen atoms in total. The molecule has 1 aromatic heterocycles. The van der Waals surface area contributed by atoms with Crippen LogP contribution in [0.25, 0.3) is 21.7 Å². The van der Waals surface area contributed by atoms with Gasteiger partial charge in [-0.2, -0.15) is 0 Å². The van der Waals surface area contributed by atoms with Crippen LogP contribution in [-0.2, 0) is 11.5 Å². The van der Waals surface area contributed by atoms with Gasteiger partial charge in [-0.1, -0.05) is 50.0 Å². The number of aromatic nitrogens is 1. The van der Waals surface area contributed by atoms with Crippen molar-refractivity contribution < 1.29 is 9.66 Å². The largest absolute Gasteiger partial charge is 0.361 e. The van der Waals surface area contributed by atoms with Gasteiger partial charge in [0.05, 0.1) is 15.8 Å². The molecular weight excluding hydrogens is 406 g/mol. The van der Waals surface area contributed by atoms with Gasteiger partial charge in [0.15, 0.2) is 0 Å². The maximum absolute atomic E-state index is 11.8. The first kappa shape index (κ1) is 21.1. The van der Waals surface area contributed by atoms with Crippen LogP contribution in [0, 0.1) is 10.1 Å². The SMILES string of the molecule is C[Si](C)(C)CCOCn1ccc2ccc(Nc3ccc4ccccc4c3[N+](=O)[O-])cc21. The molecule has 0 saturated heterocycles. The van der Waals surface area contributed by atoms with Crippen molar-refractivity contribution in [3.05, 3.63) is 77.0 Å². The zero-order chi connectivity index (χ0) is 22.0. The van der Waals surface area contributed by atoms with E-state index in [9.17, 15) is 10.1 Å². The minimum atomic E-state index is -1.12. The molecule has 0 atom stereocenters. The van der Waals surface area contributed by atoms with E-state index in [1.54, 1.807) is 12.1 Å². The van der Waals surface area contributed by atoms with Crippen molar-refractivity contribution in [2.75, 3.05) is 11.9 Å². The van der Waals surface area contributed by atoms with Crippen molar-refractivity contribution in [3.63, 3.8) is 0 Å². The molecule has 0 bridgehead atoms. The first-order valence-corrected chi connectivity index (χ1v) is 14.1. The Morgan fingerprint density at radius 2 is 1.81 bits per heavy atom. The summed E-state index contributed by atoms with van der Waals surface area (Å²) in [6.45, 7) is 8.27. The molecule has 0 fully saturated rings. The molecule has 4 aromatic rings. The lowest BCUT2D eigenvalue weighted by molar-refractivity contribution is -0.382. The summed E-state index contributed by atoms with van der Waals surface area (Å²) in [5.41, 5.74) is 2.39. The summed E-state index contributed by atoms with van der Waals surface area (Å²) in [4.78, 5) is 11.5. The van der Waals surface area contributed by atoms with Gasteiger partial charge in [-0.15, -0.1) is 0 Å².